The molecule has 2 aromatic rings. The van der Waals surface area contributed by atoms with Gasteiger partial charge in [0, 0.05) is 5.69 Å². The lowest BCUT2D eigenvalue weighted by molar-refractivity contribution is -0.138. The lowest BCUT2D eigenvalue weighted by Gasteiger charge is -2.16. The number of halogens is 1. The highest BCUT2D eigenvalue weighted by Crippen LogP contribution is 2.22. The number of aliphatic carboxylic acids is 1. The fourth-order valence-corrected chi connectivity index (χ4v) is 1.80. The molecule has 4 nitrogen and oxygen atoms in total. The summed E-state index contributed by atoms with van der Waals surface area (Å²) < 4.78 is 17.9. The standard InChI is InChI=1S/C15H14FNO3/c1-20-13-8-6-12(7-9-13)17-14(15(18)19)10-2-4-11(16)5-3-10/h2-9,14,17H,1H3,(H,18,19). The van der Waals surface area contributed by atoms with Gasteiger partial charge in [0.05, 0.1) is 7.11 Å². The molecule has 0 saturated heterocycles. The van der Waals surface area contributed by atoms with Crippen molar-refractivity contribution in [2.75, 3.05) is 12.4 Å². The molecular weight excluding hydrogens is 261 g/mol. The van der Waals surface area contributed by atoms with E-state index in [1.807, 2.05) is 0 Å². The Morgan fingerprint density at radius 1 is 1.15 bits per heavy atom. The Bertz CT molecular complexity index is 581. The van der Waals surface area contributed by atoms with Gasteiger partial charge in [-0.2, -0.15) is 0 Å². The summed E-state index contributed by atoms with van der Waals surface area (Å²) >= 11 is 0. The Balaban J connectivity index is 2.20. The van der Waals surface area contributed by atoms with Crippen LogP contribution in [0.25, 0.3) is 0 Å². The van der Waals surface area contributed by atoms with Crippen LogP contribution < -0.4 is 10.1 Å². The molecule has 0 radical (unpaired) electrons. The lowest BCUT2D eigenvalue weighted by Crippen LogP contribution is -2.20. The van der Waals surface area contributed by atoms with Gasteiger partial charge in [-0.25, -0.2) is 9.18 Å². The van der Waals surface area contributed by atoms with E-state index in [9.17, 15) is 14.3 Å². The number of carboxylic acids is 1. The molecule has 0 aliphatic rings. The maximum atomic E-state index is 12.9. The Morgan fingerprint density at radius 3 is 2.25 bits per heavy atom. The maximum absolute atomic E-state index is 12.9. The van der Waals surface area contributed by atoms with Gasteiger partial charge in [0.1, 0.15) is 11.6 Å². The van der Waals surface area contributed by atoms with Crippen LogP contribution in [-0.4, -0.2) is 18.2 Å². The molecule has 2 N–H and O–H groups in total. The molecule has 20 heavy (non-hydrogen) atoms. The van der Waals surface area contributed by atoms with Crippen molar-refractivity contribution in [1.82, 2.24) is 0 Å². The van der Waals surface area contributed by atoms with E-state index in [1.165, 1.54) is 24.3 Å². The van der Waals surface area contributed by atoms with Gasteiger partial charge in [0.2, 0.25) is 0 Å². The first-order chi connectivity index (χ1) is 9.60. The van der Waals surface area contributed by atoms with Gasteiger partial charge in [0.15, 0.2) is 6.04 Å². The summed E-state index contributed by atoms with van der Waals surface area (Å²) in [7, 11) is 1.56. The molecule has 0 fully saturated rings. The molecular formula is C15H14FNO3. The van der Waals surface area contributed by atoms with Crippen LogP contribution in [0.2, 0.25) is 0 Å². The zero-order valence-electron chi connectivity index (χ0n) is 10.8. The Morgan fingerprint density at radius 2 is 1.75 bits per heavy atom. The van der Waals surface area contributed by atoms with Gasteiger partial charge in [-0.1, -0.05) is 12.1 Å². The maximum Gasteiger partial charge on any atom is 0.330 e. The van der Waals surface area contributed by atoms with Crippen LogP contribution in [0.1, 0.15) is 11.6 Å². The summed E-state index contributed by atoms with van der Waals surface area (Å²) in [5.74, 6) is -0.751. The smallest absolute Gasteiger partial charge is 0.330 e. The minimum absolute atomic E-state index is 0.401. The number of carboxylic acid groups (broad SMARTS) is 1. The van der Waals surface area contributed by atoms with Crippen molar-refractivity contribution in [2.45, 2.75) is 6.04 Å². The highest BCUT2D eigenvalue weighted by molar-refractivity contribution is 5.79. The quantitative estimate of drug-likeness (QED) is 0.880. The molecule has 5 heteroatoms. The molecule has 0 amide bonds. The van der Waals surface area contributed by atoms with Crippen molar-refractivity contribution in [3.8, 4) is 5.75 Å². The highest BCUT2D eigenvalue weighted by Gasteiger charge is 2.19. The molecule has 0 aromatic heterocycles. The molecule has 104 valence electrons. The van der Waals surface area contributed by atoms with Crippen molar-refractivity contribution < 1.29 is 19.0 Å². The number of anilines is 1. The van der Waals surface area contributed by atoms with E-state index in [4.69, 9.17) is 4.74 Å². The van der Waals surface area contributed by atoms with Crippen molar-refractivity contribution in [3.05, 3.63) is 59.9 Å². The molecule has 0 saturated carbocycles. The normalized spacial score (nSPS) is 11.7. The first kappa shape index (κ1) is 13.9. The van der Waals surface area contributed by atoms with Crippen LogP contribution in [-0.2, 0) is 4.79 Å². The largest absolute Gasteiger partial charge is 0.497 e. The zero-order chi connectivity index (χ0) is 14.5. The van der Waals surface area contributed by atoms with Crippen LogP contribution in [0.5, 0.6) is 5.75 Å². The number of hydrogen-bond donors (Lipinski definition) is 2. The van der Waals surface area contributed by atoms with E-state index in [1.54, 1.807) is 31.4 Å². The summed E-state index contributed by atoms with van der Waals surface area (Å²) in [5, 5.41) is 12.2. The molecule has 0 spiro atoms. The fourth-order valence-electron chi connectivity index (χ4n) is 1.80. The van der Waals surface area contributed by atoms with E-state index >= 15 is 0 Å². The molecule has 0 bridgehead atoms. The van der Waals surface area contributed by atoms with Gasteiger partial charge in [-0.3, -0.25) is 0 Å². The van der Waals surface area contributed by atoms with Crippen LogP contribution >= 0.6 is 0 Å². The third kappa shape index (κ3) is 3.26. The Kier molecular flexibility index (Phi) is 4.20. The van der Waals surface area contributed by atoms with Gasteiger partial charge in [0.25, 0.3) is 0 Å². The molecule has 1 atom stereocenters. The predicted molar refractivity (Wildman–Crippen MR) is 73.4 cm³/mol. The number of rotatable bonds is 5. The molecule has 2 aromatic carbocycles. The number of carbonyl (C=O) groups is 1. The first-order valence-corrected chi connectivity index (χ1v) is 5.99. The number of nitrogens with one attached hydrogen (secondary N) is 1. The molecule has 0 aliphatic carbocycles. The Hall–Kier alpha value is -2.56. The SMILES string of the molecule is COc1ccc(NC(C(=O)O)c2ccc(F)cc2)cc1. The first-order valence-electron chi connectivity index (χ1n) is 5.99. The van der Waals surface area contributed by atoms with Crippen molar-refractivity contribution in [3.63, 3.8) is 0 Å². The second-order valence-corrected chi connectivity index (χ2v) is 4.20. The minimum atomic E-state index is -1.03. The number of hydrogen-bond acceptors (Lipinski definition) is 3. The van der Waals surface area contributed by atoms with Gasteiger partial charge < -0.3 is 15.2 Å². The highest BCUT2D eigenvalue weighted by atomic mass is 19.1. The number of benzene rings is 2. The predicted octanol–water partition coefficient (Wildman–Crippen LogP) is 3.07. The zero-order valence-corrected chi connectivity index (χ0v) is 10.8. The van der Waals surface area contributed by atoms with E-state index < -0.39 is 17.8 Å². The van der Waals surface area contributed by atoms with Crippen LogP contribution in [0.15, 0.2) is 48.5 Å². The van der Waals surface area contributed by atoms with Crippen LogP contribution in [0.3, 0.4) is 0 Å². The van der Waals surface area contributed by atoms with Crippen LogP contribution in [0.4, 0.5) is 10.1 Å². The molecule has 0 heterocycles. The van der Waals surface area contributed by atoms with E-state index in [2.05, 4.69) is 5.32 Å². The molecule has 0 aliphatic heterocycles. The van der Waals surface area contributed by atoms with Crippen LogP contribution in [0, 0.1) is 5.82 Å². The third-order valence-electron chi connectivity index (χ3n) is 2.85. The van der Waals surface area contributed by atoms with Gasteiger partial charge in [-0.15, -0.1) is 0 Å². The monoisotopic (exact) mass is 275 g/mol. The van der Waals surface area contributed by atoms with Crippen molar-refractivity contribution in [2.24, 2.45) is 0 Å². The third-order valence-corrected chi connectivity index (χ3v) is 2.85. The number of ether oxygens (including phenoxy) is 1. The summed E-state index contributed by atoms with van der Waals surface area (Å²) in [6.07, 6.45) is 0. The second-order valence-electron chi connectivity index (χ2n) is 4.20. The summed E-state index contributed by atoms with van der Waals surface area (Å²) in [6.45, 7) is 0. The van der Waals surface area contributed by atoms with Gasteiger partial charge >= 0.3 is 5.97 Å². The minimum Gasteiger partial charge on any atom is -0.497 e. The van der Waals surface area contributed by atoms with E-state index in [0.717, 1.165) is 0 Å². The lowest BCUT2D eigenvalue weighted by atomic mass is 10.1. The van der Waals surface area contributed by atoms with Crippen molar-refractivity contribution in [1.29, 1.82) is 0 Å². The average molecular weight is 275 g/mol. The van der Waals surface area contributed by atoms with E-state index in [0.29, 0.717) is 17.0 Å². The fraction of sp³-hybridized carbons (Fsp3) is 0.133. The average Bonchev–Trinajstić information content (AvgIpc) is 2.46. The molecule has 1 unspecified atom stereocenters. The Labute approximate surface area is 115 Å². The number of methoxy groups -OCH3 is 1. The van der Waals surface area contributed by atoms with Gasteiger partial charge in [-0.05, 0) is 42.0 Å². The summed E-state index contributed by atoms with van der Waals surface area (Å²) in [5.41, 5.74) is 1.12. The summed E-state index contributed by atoms with van der Waals surface area (Å²) in [6, 6.07) is 11.3. The van der Waals surface area contributed by atoms with Crippen molar-refractivity contribution >= 4 is 11.7 Å². The second kappa shape index (κ2) is 6.06. The molecule has 2 rings (SSSR count). The summed E-state index contributed by atoms with van der Waals surface area (Å²) in [4.78, 5) is 11.3. The van der Waals surface area contributed by atoms with E-state index in [-0.39, 0.29) is 0 Å². The topological polar surface area (TPSA) is 58.6 Å².